The molecule has 3 saturated carbocycles. The van der Waals surface area contributed by atoms with E-state index in [0.29, 0.717) is 42.4 Å². The molecule has 0 bridgehead atoms. The van der Waals surface area contributed by atoms with E-state index in [0.717, 1.165) is 24.0 Å². The Morgan fingerprint density at radius 1 is 1.16 bits per heavy atom. The maximum Gasteiger partial charge on any atom is 0.203 e. The molecule has 0 heterocycles. The second kappa shape index (κ2) is 9.89. The molecule has 3 rings (SSSR count). The first-order valence-corrected chi connectivity index (χ1v) is 12.4. The van der Waals surface area contributed by atoms with Gasteiger partial charge in [0, 0.05) is 12.8 Å². The fourth-order valence-electron chi connectivity index (χ4n) is 6.65. The number of fused-ring (bicyclic) bond motifs is 1. The smallest absolute Gasteiger partial charge is 0.203 e. The highest BCUT2D eigenvalue weighted by Crippen LogP contribution is 2.60. The van der Waals surface area contributed by atoms with Crippen molar-refractivity contribution >= 4 is 0 Å². The summed E-state index contributed by atoms with van der Waals surface area (Å²) in [6.07, 6.45) is 12.6. The molecule has 0 radical (unpaired) electrons. The highest BCUT2D eigenvalue weighted by Gasteiger charge is 2.50. The molecule has 2 unspecified atom stereocenters. The molecular weight excluding hydrogens is 391 g/mol. The van der Waals surface area contributed by atoms with Gasteiger partial charge in [0.15, 0.2) is 0 Å². The van der Waals surface area contributed by atoms with E-state index in [2.05, 4.69) is 37.5 Å². The Morgan fingerprint density at radius 2 is 1.90 bits per heavy atom. The van der Waals surface area contributed by atoms with Crippen LogP contribution >= 0.6 is 0 Å². The predicted octanol–water partition coefficient (Wildman–Crippen LogP) is 7.38. The first-order valence-electron chi connectivity index (χ1n) is 12.4. The SMILES string of the molecule is C=C1CC[C@](O)(OO)C/C1=C/C=C1CCC[C@@]2(C)C1CC[C@@H]2[C@H](C)CCC(F)C(C)C. The Kier molecular flexibility index (Phi) is 7.87. The molecule has 3 aliphatic carbocycles. The summed E-state index contributed by atoms with van der Waals surface area (Å²) in [7, 11) is 0. The van der Waals surface area contributed by atoms with Crippen LogP contribution in [-0.4, -0.2) is 22.3 Å². The van der Waals surface area contributed by atoms with Crippen molar-refractivity contribution in [2.75, 3.05) is 0 Å². The minimum absolute atomic E-state index is 0.111. The maximum absolute atomic E-state index is 14.2. The topological polar surface area (TPSA) is 49.7 Å². The third kappa shape index (κ3) is 5.34. The molecule has 0 aliphatic heterocycles. The van der Waals surface area contributed by atoms with Crippen LogP contribution < -0.4 is 0 Å². The zero-order chi connectivity index (χ0) is 22.8. The fourth-order valence-corrected chi connectivity index (χ4v) is 6.65. The predicted molar refractivity (Wildman–Crippen MR) is 124 cm³/mol. The summed E-state index contributed by atoms with van der Waals surface area (Å²) >= 11 is 0. The lowest BCUT2D eigenvalue weighted by molar-refractivity contribution is -0.394. The number of halogens is 1. The highest BCUT2D eigenvalue weighted by atomic mass is 19.1. The Bertz CT molecular complexity index is 711. The molecule has 176 valence electrons. The molecule has 4 heteroatoms. The molecule has 0 saturated heterocycles. The van der Waals surface area contributed by atoms with Gasteiger partial charge >= 0.3 is 0 Å². The van der Waals surface area contributed by atoms with Crippen molar-refractivity contribution in [1.29, 1.82) is 0 Å². The van der Waals surface area contributed by atoms with E-state index < -0.39 is 12.0 Å². The van der Waals surface area contributed by atoms with Crippen LogP contribution in [0.3, 0.4) is 0 Å². The van der Waals surface area contributed by atoms with Crippen molar-refractivity contribution < 1.29 is 19.6 Å². The van der Waals surface area contributed by atoms with Crippen LogP contribution in [0.25, 0.3) is 0 Å². The minimum Gasteiger partial charge on any atom is -0.363 e. The summed E-state index contributed by atoms with van der Waals surface area (Å²) in [5.74, 6) is 0.414. The minimum atomic E-state index is -1.50. The zero-order valence-electron chi connectivity index (χ0n) is 20.0. The van der Waals surface area contributed by atoms with Crippen LogP contribution in [0.1, 0.15) is 91.9 Å². The second-order valence-corrected chi connectivity index (χ2v) is 11.2. The molecular formula is C27H43FO3. The molecule has 3 aliphatic rings. The molecule has 0 aromatic carbocycles. The third-order valence-corrected chi connectivity index (χ3v) is 8.75. The van der Waals surface area contributed by atoms with Gasteiger partial charge in [-0.2, -0.15) is 0 Å². The Hall–Kier alpha value is -0.970. The van der Waals surface area contributed by atoms with Gasteiger partial charge in [0.1, 0.15) is 6.17 Å². The largest absolute Gasteiger partial charge is 0.363 e. The molecule has 3 fully saturated rings. The van der Waals surface area contributed by atoms with Gasteiger partial charge in [-0.3, -0.25) is 0 Å². The molecule has 0 spiro atoms. The summed E-state index contributed by atoms with van der Waals surface area (Å²) in [5.41, 5.74) is 3.78. The van der Waals surface area contributed by atoms with Gasteiger partial charge in [0.25, 0.3) is 0 Å². The molecule has 3 nitrogen and oxygen atoms in total. The lowest BCUT2D eigenvalue weighted by Gasteiger charge is -2.44. The van der Waals surface area contributed by atoms with Gasteiger partial charge < -0.3 is 5.11 Å². The van der Waals surface area contributed by atoms with E-state index >= 15 is 0 Å². The van der Waals surface area contributed by atoms with Crippen molar-refractivity contribution in [3.8, 4) is 0 Å². The molecule has 2 N–H and O–H groups in total. The Balaban J connectivity index is 1.72. The van der Waals surface area contributed by atoms with Crippen LogP contribution in [0.15, 0.2) is 35.5 Å². The van der Waals surface area contributed by atoms with Crippen LogP contribution in [0.4, 0.5) is 4.39 Å². The molecule has 31 heavy (non-hydrogen) atoms. The van der Waals surface area contributed by atoms with Crippen molar-refractivity contribution in [1.82, 2.24) is 0 Å². The summed E-state index contributed by atoms with van der Waals surface area (Å²) in [6, 6.07) is 0. The third-order valence-electron chi connectivity index (χ3n) is 8.75. The number of rotatable bonds is 7. The second-order valence-electron chi connectivity index (χ2n) is 11.2. The van der Waals surface area contributed by atoms with Gasteiger partial charge in [-0.15, -0.1) is 0 Å². The van der Waals surface area contributed by atoms with Crippen molar-refractivity contribution in [3.05, 3.63) is 35.5 Å². The molecule has 0 aromatic heterocycles. The number of hydrogen-bond donors (Lipinski definition) is 2. The van der Waals surface area contributed by atoms with Gasteiger partial charge in [0.05, 0.1) is 0 Å². The normalized spacial score (nSPS) is 38.6. The van der Waals surface area contributed by atoms with Gasteiger partial charge in [-0.1, -0.05) is 57.6 Å². The van der Waals surface area contributed by atoms with E-state index in [4.69, 9.17) is 5.26 Å². The quantitative estimate of drug-likeness (QED) is 0.250. The van der Waals surface area contributed by atoms with Crippen LogP contribution in [-0.2, 0) is 4.89 Å². The van der Waals surface area contributed by atoms with Crippen LogP contribution in [0, 0.1) is 29.1 Å². The summed E-state index contributed by atoms with van der Waals surface area (Å²) < 4.78 is 14.2. The highest BCUT2D eigenvalue weighted by molar-refractivity contribution is 5.37. The van der Waals surface area contributed by atoms with E-state index in [1.54, 1.807) is 0 Å². The monoisotopic (exact) mass is 434 g/mol. The first-order chi connectivity index (χ1) is 14.6. The fraction of sp³-hybridized carbons (Fsp3) is 0.778. The molecule has 0 amide bonds. The van der Waals surface area contributed by atoms with E-state index in [9.17, 15) is 9.50 Å². The zero-order valence-corrected chi connectivity index (χ0v) is 20.0. The van der Waals surface area contributed by atoms with Gasteiger partial charge in [-0.25, -0.2) is 14.5 Å². The van der Waals surface area contributed by atoms with Gasteiger partial charge in [0.2, 0.25) is 5.79 Å². The number of aliphatic hydroxyl groups is 1. The average molecular weight is 435 g/mol. The lowest BCUT2D eigenvalue weighted by atomic mass is 9.60. The summed E-state index contributed by atoms with van der Waals surface area (Å²) in [5, 5.41) is 19.4. The lowest BCUT2D eigenvalue weighted by Crippen LogP contribution is -2.36. The Morgan fingerprint density at radius 3 is 2.58 bits per heavy atom. The standard InChI is InChI=1S/C27H43FO3/c1-18(2)25(28)13-8-20(4)23-11-12-24-21(7-6-15-26(23,24)5)9-10-22-17-27(29,31-30)16-14-19(22)3/h9-10,18,20,23-25,29-30H,3,6-8,11-17H2,1-2,4-5H3/b21-9?,22-10-/t20-,23-,24?,25?,26-,27+/m1/s1. The number of hydrogen-bond acceptors (Lipinski definition) is 3. The summed E-state index contributed by atoms with van der Waals surface area (Å²) in [6.45, 7) is 12.9. The van der Waals surface area contributed by atoms with E-state index in [1.807, 2.05) is 13.8 Å². The van der Waals surface area contributed by atoms with Crippen molar-refractivity contribution in [3.63, 3.8) is 0 Å². The van der Waals surface area contributed by atoms with E-state index in [1.165, 1.54) is 31.3 Å². The van der Waals surface area contributed by atoms with E-state index in [-0.39, 0.29) is 12.3 Å². The molecule has 0 aromatic rings. The van der Waals surface area contributed by atoms with Gasteiger partial charge in [-0.05, 0) is 86.0 Å². The first kappa shape index (κ1) is 24.7. The van der Waals surface area contributed by atoms with Crippen LogP contribution in [0.2, 0.25) is 0 Å². The maximum atomic E-state index is 14.2. The molecule has 6 atom stereocenters. The van der Waals surface area contributed by atoms with Crippen molar-refractivity contribution in [2.24, 2.45) is 29.1 Å². The number of allylic oxidation sites excluding steroid dienone is 4. The van der Waals surface area contributed by atoms with Crippen LogP contribution in [0.5, 0.6) is 0 Å². The average Bonchev–Trinajstić information content (AvgIpc) is 3.10. The summed E-state index contributed by atoms with van der Waals surface area (Å²) in [4.78, 5) is 4.36. The Labute approximate surface area is 188 Å². The van der Waals surface area contributed by atoms with Crippen molar-refractivity contribution in [2.45, 2.75) is 104 Å². The number of alkyl halides is 1.